The van der Waals surface area contributed by atoms with Crippen LogP contribution < -0.4 is 10.5 Å². The predicted molar refractivity (Wildman–Crippen MR) is 62.1 cm³/mol. The largest absolute Gasteiger partial charge is 0.492 e. The first-order valence-electron chi connectivity index (χ1n) is 4.61. The van der Waals surface area contributed by atoms with Crippen molar-refractivity contribution in [2.45, 2.75) is 6.42 Å². The molecule has 1 aromatic heterocycles. The lowest BCUT2D eigenvalue weighted by atomic mass is 10.3. The summed E-state index contributed by atoms with van der Waals surface area (Å²) >= 11 is 4.79. The zero-order valence-electron chi connectivity index (χ0n) is 8.60. The van der Waals surface area contributed by atoms with Crippen molar-refractivity contribution in [3.63, 3.8) is 0 Å². The fourth-order valence-corrected chi connectivity index (χ4v) is 1.13. The van der Waals surface area contributed by atoms with Gasteiger partial charge in [0.1, 0.15) is 10.7 Å². The first-order valence-corrected chi connectivity index (χ1v) is 5.02. The van der Waals surface area contributed by atoms with Gasteiger partial charge >= 0.3 is 0 Å². The van der Waals surface area contributed by atoms with Crippen LogP contribution in [0.4, 0.5) is 0 Å². The molecule has 0 aliphatic rings. The van der Waals surface area contributed by atoms with Crippen molar-refractivity contribution in [2.24, 2.45) is 5.73 Å². The Morgan fingerprint density at radius 2 is 2.27 bits per heavy atom. The highest BCUT2D eigenvalue weighted by Crippen LogP contribution is 2.09. The minimum absolute atomic E-state index is 0.293. The number of aromatic nitrogens is 1. The van der Waals surface area contributed by atoms with Gasteiger partial charge in [0, 0.05) is 20.1 Å². The van der Waals surface area contributed by atoms with Gasteiger partial charge in [-0.1, -0.05) is 12.2 Å². The Morgan fingerprint density at radius 1 is 1.47 bits per heavy atom. The molecular weight excluding hydrogens is 212 g/mol. The molecular formula is C10H14N2O2S. The minimum Gasteiger partial charge on any atom is -0.492 e. The fraction of sp³-hybridized carbons (Fsp3) is 0.400. The quantitative estimate of drug-likeness (QED) is 0.582. The minimum atomic E-state index is 0.293. The Balaban J connectivity index is 2.39. The molecule has 2 N–H and O–H groups in total. The standard InChI is InChI=1S/C10H14N2O2S/c1-13-5-2-6-14-8-3-4-9(10(11)15)12-7-8/h3-4,7H,2,5-6H2,1H3,(H2,11,15). The third-order valence-corrected chi connectivity index (χ3v) is 1.96. The van der Waals surface area contributed by atoms with Crippen molar-refractivity contribution in [1.82, 2.24) is 4.98 Å². The summed E-state index contributed by atoms with van der Waals surface area (Å²) in [5.41, 5.74) is 6.02. The molecule has 0 aliphatic carbocycles. The van der Waals surface area contributed by atoms with Crippen LogP contribution in [-0.2, 0) is 4.74 Å². The van der Waals surface area contributed by atoms with E-state index in [1.54, 1.807) is 25.4 Å². The summed E-state index contributed by atoms with van der Waals surface area (Å²) in [4.78, 5) is 4.35. The number of nitrogens with two attached hydrogens (primary N) is 1. The van der Waals surface area contributed by atoms with Crippen LogP contribution in [-0.4, -0.2) is 30.3 Å². The number of thiocarbonyl (C=S) groups is 1. The molecule has 1 rings (SSSR count). The summed E-state index contributed by atoms with van der Waals surface area (Å²) in [5.74, 6) is 0.714. The highest BCUT2D eigenvalue weighted by atomic mass is 32.1. The van der Waals surface area contributed by atoms with Crippen molar-refractivity contribution >= 4 is 17.2 Å². The van der Waals surface area contributed by atoms with Gasteiger partial charge in [0.15, 0.2) is 0 Å². The van der Waals surface area contributed by atoms with E-state index in [9.17, 15) is 0 Å². The average molecular weight is 226 g/mol. The van der Waals surface area contributed by atoms with Gasteiger partial charge in [-0.25, -0.2) is 4.98 Å². The van der Waals surface area contributed by atoms with Crippen molar-refractivity contribution in [1.29, 1.82) is 0 Å². The molecule has 0 saturated heterocycles. The maximum Gasteiger partial charge on any atom is 0.137 e. The highest BCUT2D eigenvalue weighted by molar-refractivity contribution is 7.80. The number of pyridine rings is 1. The fourth-order valence-electron chi connectivity index (χ4n) is 1.00. The Kier molecular flexibility index (Phi) is 5.00. The summed E-state index contributed by atoms with van der Waals surface area (Å²) in [5, 5.41) is 0. The number of hydrogen-bond acceptors (Lipinski definition) is 4. The Bertz CT molecular complexity index is 314. The lowest BCUT2D eigenvalue weighted by Gasteiger charge is -2.05. The number of ether oxygens (including phenoxy) is 2. The van der Waals surface area contributed by atoms with Crippen LogP contribution in [0.15, 0.2) is 18.3 Å². The molecule has 0 amide bonds. The van der Waals surface area contributed by atoms with Gasteiger partial charge in [-0.15, -0.1) is 0 Å². The molecule has 0 radical (unpaired) electrons. The van der Waals surface area contributed by atoms with Crippen LogP contribution >= 0.6 is 12.2 Å². The molecule has 0 saturated carbocycles. The van der Waals surface area contributed by atoms with Crippen LogP contribution in [0.2, 0.25) is 0 Å². The molecule has 15 heavy (non-hydrogen) atoms. The zero-order valence-corrected chi connectivity index (χ0v) is 9.42. The molecule has 4 nitrogen and oxygen atoms in total. The molecule has 0 fully saturated rings. The third-order valence-electron chi connectivity index (χ3n) is 1.75. The molecule has 0 atom stereocenters. The Hall–Kier alpha value is -1.20. The van der Waals surface area contributed by atoms with Crippen LogP contribution in [0.25, 0.3) is 0 Å². The van der Waals surface area contributed by atoms with E-state index in [1.165, 1.54) is 0 Å². The van der Waals surface area contributed by atoms with Gasteiger partial charge in [-0.2, -0.15) is 0 Å². The van der Waals surface area contributed by atoms with E-state index in [0.717, 1.165) is 6.42 Å². The van der Waals surface area contributed by atoms with Gasteiger partial charge < -0.3 is 15.2 Å². The van der Waals surface area contributed by atoms with Gasteiger partial charge in [0.25, 0.3) is 0 Å². The molecule has 82 valence electrons. The summed E-state index contributed by atoms with van der Waals surface area (Å²) in [6, 6.07) is 3.54. The van der Waals surface area contributed by atoms with E-state index in [4.69, 9.17) is 27.4 Å². The van der Waals surface area contributed by atoms with Crippen LogP contribution in [0.5, 0.6) is 5.75 Å². The Labute approximate surface area is 94.4 Å². The maximum atomic E-state index is 5.42. The molecule has 0 spiro atoms. The normalized spacial score (nSPS) is 9.93. The average Bonchev–Trinajstić information content (AvgIpc) is 2.25. The van der Waals surface area contributed by atoms with Crippen molar-refractivity contribution in [3.8, 4) is 5.75 Å². The van der Waals surface area contributed by atoms with Gasteiger partial charge in [-0.05, 0) is 12.1 Å². The lowest BCUT2D eigenvalue weighted by molar-refractivity contribution is 0.172. The second-order valence-corrected chi connectivity index (χ2v) is 3.38. The lowest BCUT2D eigenvalue weighted by Crippen LogP contribution is -2.11. The molecule has 1 aromatic rings. The summed E-state index contributed by atoms with van der Waals surface area (Å²) in [7, 11) is 1.67. The van der Waals surface area contributed by atoms with E-state index >= 15 is 0 Å². The van der Waals surface area contributed by atoms with Crippen molar-refractivity contribution in [3.05, 3.63) is 24.0 Å². The number of hydrogen-bond donors (Lipinski definition) is 1. The van der Waals surface area contributed by atoms with E-state index in [0.29, 0.717) is 29.6 Å². The molecule has 0 unspecified atom stereocenters. The van der Waals surface area contributed by atoms with Crippen LogP contribution in [0.1, 0.15) is 12.1 Å². The van der Waals surface area contributed by atoms with Gasteiger partial charge in [-0.3, -0.25) is 0 Å². The van der Waals surface area contributed by atoms with E-state index < -0.39 is 0 Å². The van der Waals surface area contributed by atoms with Crippen molar-refractivity contribution < 1.29 is 9.47 Å². The Morgan fingerprint density at radius 3 is 2.80 bits per heavy atom. The first kappa shape index (κ1) is 11.9. The number of methoxy groups -OCH3 is 1. The summed E-state index contributed by atoms with van der Waals surface area (Å²) in [6.45, 7) is 1.31. The second-order valence-electron chi connectivity index (χ2n) is 2.94. The molecule has 1 heterocycles. The summed E-state index contributed by atoms with van der Waals surface area (Å²) in [6.07, 6.45) is 2.47. The number of nitrogens with zero attached hydrogens (tertiary/aromatic N) is 1. The van der Waals surface area contributed by atoms with Crippen LogP contribution in [0, 0.1) is 0 Å². The topological polar surface area (TPSA) is 57.4 Å². The highest BCUT2D eigenvalue weighted by Gasteiger charge is 1.98. The molecule has 0 bridgehead atoms. The maximum absolute atomic E-state index is 5.42. The second kappa shape index (κ2) is 6.31. The van der Waals surface area contributed by atoms with E-state index in [-0.39, 0.29) is 0 Å². The van der Waals surface area contributed by atoms with Gasteiger partial charge in [0.05, 0.1) is 18.5 Å². The van der Waals surface area contributed by atoms with Crippen molar-refractivity contribution in [2.75, 3.05) is 20.3 Å². The SMILES string of the molecule is COCCCOc1ccc(C(N)=S)nc1. The van der Waals surface area contributed by atoms with E-state index in [2.05, 4.69) is 4.98 Å². The van der Waals surface area contributed by atoms with Crippen LogP contribution in [0.3, 0.4) is 0 Å². The smallest absolute Gasteiger partial charge is 0.137 e. The summed E-state index contributed by atoms with van der Waals surface area (Å²) < 4.78 is 10.3. The predicted octanol–water partition coefficient (Wildman–Crippen LogP) is 1.13. The molecule has 5 heteroatoms. The molecule has 0 aromatic carbocycles. The van der Waals surface area contributed by atoms with E-state index in [1.807, 2.05) is 0 Å². The number of rotatable bonds is 6. The zero-order chi connectivity index (χ0) is 11.1. The monoisotopic (exact) mass is 226 g/mol. The molecule has 0 aliphatic heterocycles. The first-order chi connectivity index (χ1) is 7.24. The van der Waals surface area contributed by atoms with Gasteiger partial charge in [0.2, 0.25) is 0 Å². The third kappa shape index (κ3) is 4.22.